The Labute approximate surface area is 129 Å². The molecule has 1 atom stereocenters. The van der Waals surface area contributed by atoms with Gasteiger partial charge in [-0.2, -0.15) is 0 Å². The minimum absolute atomic E-state index is 0.344. The van der Waals surface area contributed by atoms with Crippen molar-refractivity contribution in [2.24, 2.45) is 5.73 Å². The first-order chi connectivity index (χ1) is 9.53. The monoisotopic (exact) mass is 312 g/mol. The number of nitrogens with two attached hydrogens (primary N) is 1. The summed E-state index contributed by atoms with van der Waals surface area (Å²) in [5.41, 5.74) is 6.30. The maximum atomic E-state index is 11.9. The highest BCUT2D eigenvalue weighted by Gasteiger charge is 2.42. The van der Waals surface area contributed by atoms with Crippen LogP contribution in [0.2, 0.25) is 0 Å². The maximum Gasteiger partial charge on any atom is 0.251 e. The lowest BCUT2D eigenvalue weighted by Gasteiger charge is -2.41. The molecule has 0 radical (unpaired) electrons. The molecular formula is C15H24N2O3S. The van der Waals surface area contributed by atoms with Gasteiger partial charge in [0.05, 0.1) is 22.9 Å². The van der Waals surface area contributed by atoms with Gasteiger partial charge in [-0.15, -0.1) is 11.3 Å². The summed E-state index contributed by atoms with van der Waals surface area (Å²) in [4.78, 5) is 12.9. The summed E-state index contributed by atoms with van der Waals surface area (Å²) < 4.78 is 6.14. The van der Waals surface area contributed by atoms with Gasteiger partial charge in [0.25, 0.3) is 5.91 Å². The molecule has 0 bridgehead atoms. The number of anilines is 1. The van der Waals surface area contributed by atoms with Crippen molar-refractivity contribution in [3.63, 3.8) is 0 Å². The quantitative estimate of drug-likeness (QED) is 0.796. The number of nitrogens with one attached hydrogen (secondary N) is 1. The molecule has 0 aliphatic carbocycles. The topological polar surface area (TPSA) is 84.6 Å². The molecule has 1 aliphatic heterocycles. The van der Waals surface area contributed by atoms with E-state index in [9.17, 15) is 9.90 Å². The van der Waals surface area contributed by atoms with Crippen LogP contribution < -0.4 is 11.1 Å². The molecule has 0 spiro atoms. The number of rotatable bonds is 4. The fraction of sp³-hybridized carbons (Fsp3) is 0.667. The Hall–Kier alpha value is -1.11. The standard InChI is InChI=1S/C15H24N2O3S/c1-8(18)7-17-13-10(12(16)19)9-6-14(2,3)20-15(4,5)11(9)21-13/h8,17-18H,6-7H2,1-5H3,(H2,16,19). The van der Waals surface area contributed by atoms with E-state index in [2.05, 4.69) is 5.32 Å². The third kappa shape index (κ3) is 3.22. The molecular weight excluding hydrogens is 288 g/mol. The Bertz CT molecular complexity index is 562. The SMILES string of the molecule is CC(O)CNc1sc2c(c1C(N)=O)CC(C)(C)OC2(C)C. The van der Waals surface area contributed by atoms with E-state index in [4.69, 9.17) is 10.5 Å². The number of thiophene rings is 1. The number of carbonyl (C=O) groups excluding carboxylic acids is 1. The molecule has 2 rings (SSSR count). The fourth-order valence-electron chi connectivity index (χ4n) is 2.94. The van der Waals surface area contributed by atoms with E-state index in [-0.39, 0.29) is 5.60 Å². The van der Waals surface area contributed by atoms with Crippen LogP contribution in [0.5, 0.6) is 0 Å². The zero-order valence-corrected chi connectivity index (χ0v) is 14.1. The van der Waals surface area contributed by atoms with Gasteiger partial charge in [0.15, 0.2) is 0 Å². The van der Waals surface area contributed by atoms with Crippen LogP contribution in [-0.4, -0.2) is 29.3 Å². The van der Waals surface area contributed by atoms with Gasteiger partial charge in [-0.25, -0.2) is 0 Å². The van der Waals surface area contributed by atoms with E-state index in [0.717, 1.165) is 15.4 Å². The lowest BCUT2D eigenvalue weighted by molar-refractivity contribution is -0.135. The van der Waals surface area contributed by atoms with E-state index in [1.54, 1.807) is 6.92 Å². The number of carbonyl (C=O) groups is 1. The van der Waals surface area contributed by atoms with Crippen molar-refractivity contribution in [3.8, 4) is 0 Å². The second-order valence-electron chi connectivity index (χ2n) is 6.76. The van der Waals surface area contributed by atoms with E-state index in [1.165, 1.54) is 11.3 Å². The third-order valence-electron chi connectivity index (χ3n) is 3.49. The molecule has 0 saturated heterocycles. The molecule has 0 fully saturated rings. The van der Waals surface area contributed by atoms with E-state index in [0.29, 0.717) is 18.5 Å². The lowest BCUT2D eigenvalue weighted by Crippen LogP contribution is -2.42. The van der Waals surface area contributed by atoms with Crippen LogP contribution in [0.15, 0.2) is 0 Å². The highest BCUT2D eigenvalue weighted by atomic mass is 32.1. The minimum atomic E-state index is -0.495. The molecule has 0 aromatic carbocycles. The van der Waals surface area contributed by atoms with E-state index >= 15 is 0 Å². The number of aliphatic hydroxyl groups is 1. The van der Waals surface area contributed by atoms with Crippen LogP contribution in [0.4, 0.5) is 5.00 Å². The number of hydrogen-bond acceptors (Lipinski definition) is 5. The third-order valence-corrected chi connectivity index (χ3v) is 4.99. The normalized spacial score (nSPS) is 20.7. The molecule has 2 heterocycles. The molecule has 1 aliphatic rings. The zero-order chi connectivity index (χ0) is 16.0. The number of aliphatic hydroxyl groups excluding tert-OH is 1. The molecule has 1 unspecified atom stereocenters. The second kappa shape index (κ2) is 5.26. The van der Waals surface area contributed by atoms with Crippen molar-refractivity contribution < 1.29 is 14.6 Å². The first kappa shape index (κ1) is 16.3. The van der Waals surface area contributed by atoms with Crippen molar-refractivity contribution in [1.82, 2.24) is 0 Å². The summed E-state index contributed by atoms with van der Waals surface area (Å²) in [5, 5.41) is 13.3. The average Bonchev–Trinajstić information content (AvgIpc) is 2.62. The van der Waals surface area contributed by atoms with Gasteiger partial charge < -0.3 is 20.9 Å². The van der Waals surface area contributed by atoms with Crippen molar-refractivity contribution in [3.05, 3.63) is 16.0 Å². The van der Waals surface area contributed by atoms with Crippen LogP contribution in [-0.2, 0) is 16.8 Å². The van der Waals surface area contributed by atoms with Crippen molar-refractivity contribution in [1.29, 1.82) is 0 Å². The van der Waals surface area contributed by atoms with Crippen molar-refractivity contribution >= 4 is 22.2 Å². The zero-order valence-electron chi connectivity index (χ0n) is 13.2. The Morgan fingerprint density at radius 1 is 1.48 bits per heavy atom. The van der Waals surface area contributed by atoms with Crippen molar-refractivity contribution in [2.75, 3.05) is 11.9 Å². The molecule has 4 N–H and O–H groups in total. The van der Waals surface area contributed by atoms with Gasteiger partial charge in [-0.3, -0.25) is 4.79 Å². The second-order valence-corrected chi connectivity index (χ2v) is 7.78. The number of ether oxygens (including phenoxy) is 1. The largest absolute Gasteiger partial charge is 0.392 e. The van der Waals surface area contributed by atoms with Crippen molar-refractivity contribution in [2.45, 2.75) is 58.3 Å². The first-order valence-corrected chi connectivity index (χ1v) is 7.93. The Morgan fingerprint density at radius 2 is 2.10 bits per heavy atom. The predicted molar refractivity (Wildman–Crippen MR) is 84.9 cm³/mol. The maximum absolute atomic E-state index is 11.9. The molecule has 1 amide bonds. The summed E-state index contributed by atoms with van der Waals surface area (Å²) in [6.45, 7) is 10.1. The summed E-state index contributed by atoms with van der Waals surface area (Å²) >= 11 is 1.49. The minimum Gasteiger partial charge on any atom is -0.392 e. The lowest BCUT2D eigenvalue weighted by atomic mass is 9.86. The van der Waals surface area contributed by atoms with Crippen LogP contribution >= 0.6 is 11.3 Å². The Balaban J connectivity index is 2.52. The first-order valence-electron chi connectivity index (χ1n) is 7.11. The summed E-state index contributed by atoms with van der Waals surface area (Å²) in [5.74, 6) is -0.436. The fourth-order valence-corrected chi connectivity index (χ4v) is 4.21. The molecule has 21 heavy (non-hydrogen) atoms. The highest BCUT2D eigenvalue weighted by Crippen LogP contribution is 2.48. The van der Waals surface area contributed by atoms with Crippen LogP contribution in [0.1, 0.15) is 55.4 Å². The average molecular weight is 312 g/mol. The molecule has 118 valence electrons. The van der Waals surface area contributed by atoms with Gasteiger partial charge in [0.1, 0.15) is 5.00 Å². The number of primary amides is 1. The highest BCUT2D eigenvalue weighted by molar-refractivity contribution is 7.17. The van der Waals surface area contributed by atoms with E-state index in [1.807, 2.05) is 27.7 Å². The molecule has 1 aromatic rings. The number of amides is 1. The smallest absolute Gasteiger partial charge is 0.251 e. The molecule has 6 heteroatoms. The van der Waals surface area contributed by atoms with Gasteiger partial charge >= 0.3 is 0 Å². The van der Waals surface area contributed by atoms with Gasteiger partial charge in [-0.1, -0.05) is 0 Å². The van der Waals surface area contributed by atoms with Crippen LogP contribution in [0, 0.1) is 0 Å². The number of hydrogen-bond donors (Lipinski definition) is 3. The summed E-state index contributed by atoms with van der Waals surface area (Å²) in [6, 6.07) is 0. The molecule has 5 nitrogen and oxygen atoms in total. The van der Waals surface area contributed by atoms with Crippen LogP contribution in [0.3, 0.4) is 0 Å². The van der Waals surface area contributed by atoms with Gasteiger partial charge in [-0.05, 0) is 40.2 Å². The predicted octanol–water partition coefficient (Wildman–Crippen LogP) is 2.23. The number of fused-ring (bicyclic) bond motifs is 1. The van der Waals surface area contributed by atoms with Gasteiger partial charge in [0, 0.05) is 17.8 Å². The summed E-state index contributed by atoms with van der Waals surface area (Å²) in [6.07, 6.45) is 0.155. The van der Waals surface area contributed by atoms with Crippen LogP contribution in [0.25, 0.3) is 0 Å². The van der Waals surface area contributed by atoms with E-state index < -0.39 is 17.6 Å². The summed E-state index contributed by atoms with van der Waals surface area (Å²) in [7, 11) is 0. The molecule has 1 aromatic heterocycles. The van der Waals surface area contributed by atoms with Gasteiger partial charge in [0.2, 0.25) is 0 Å². The Kier molecular flexibility index (Phi) is 4.08. The Morgan fingerprint density at radius 3 is 2.62 bits per heavy atom. The molecule has 0 saturated carbocycles.